The first kappa shape index (κ1) is 13.1. The van der Waals surface area contributed by atoms with E-state index in [1.807, 2.05) is 35.9 Å². The van der Waals surface area contributed by atoms with E-state index < -0.39 is 0 Å². The van der Waals surface area contributed by atoms with Crippen molar-refractivity contribution in [2.75, 3.05) is 13.1 Å². The number of hydrogen-bond donors (Lipinski definition) is 2. The highest BCUT2D eigenvalue weighted by molar-refractivity contribution is 5.78. The summed E-state index contributed by atoms with van der Waals surface area (Å²) >= 11 is 0. The lowest BCUT2D eigenvalue weighted by Gasteiger charge is -2.21. The van der Waals surface area contributed by atoms with Crippen molar-refractivity contribution in [1.29, 1.82) is 0 Å². The second kappa shape index (κ2) is 5.63. The van der Waals surface area contributed by atoms with E-state index in [2.05, 4.69) is 15.6 Å². The molecular formula is C15H20N4O. The van der Waals surface area contributed by atoms with Gasteiger partial charge in [-0.3, -0.25) is 4.79 Å². The van der Waals surface area contributed by atoms with Crippen LogP contribution in [-0.4, -0.2) is 28.4 Å². The average molecular weight is 272 g/mol. The third-order valence-electron chi connectivity index (χ3n) is 3.84. The van der Waals surface area contributed by atoms with Crippen LogP contribution in [-0.2, 0) is 11.3 Å². The van der Waals surface area contributed by atoms with Gasteiger partial charge in [0.2, 0.25) is 5.91 Å². The van der Waals surface area contributed by atoms with Crippen molar-refractivity contribution in [3.05, 3.63) is 35.8 Å². The summed E-state index contributed by atoms with van der Waals surface area (Å²) in [5.41, 5.74) is 2.99. The van der Waals surface area contributed by atoms with Crippen LogP contribution in [0.4, 0.5) is 0 Å². The van der Waals surface area contributed by atoms with E-state index in [4.69, 9.17) is 0 Å². The largest absolute Gasteiger partial charge is 0.350 e. The lowest BCUT2D eigenvalue weighted by Crippen LogP contribution is -2.40. The Morgan fingerprint density at radius 1 is 1.60 bits per heavy atom. The van der Waals surface area contributed by atoms with Crippen LogP contribution >= 0.6 is 0 Å². The molecule has 1 saturated heterocycles. The first-order valence-corrected chi connectivity index (χ1v) is 7.15. The highest BCUT2D eigenvalue weighted by atomic mass is 16.1. The molecule has 3 rings (SSSR count). The first-order valence-electron chi connectivity index (χ1n) is 7.15. The van der Waals surface area contributed by atoms with Crippen molar-refractivity contribution in [2.45, 2.75) is 26.3 Å². The first-order chi connectivity index (χ1) is 9.74. The maximum atomic E-state index is 12.1. The van der Waals surface area contributed by atoms with E-state index in [0.717, 1.165) is 42.8 Å². The number of carbonyl (C=O) groups is 1. The molecule has 5 heteroatoms. The van der Waals surface area contributed by atoms with Crippen molar-refractivity contribution in [3.63, 3.8) is 0 Å². The summed E-state index contributed by atoms with van der Waals surface area (Å²) in [7, 11) is 0. The smallest absolute Gasteiger partial charge is 0.224 e. The molecule has 0 aromatic carbocycles. The minimum Gasteiger partial charge on any atom is -0.350 e. The fraction of sp³-hybridized carbons (Fsp3) is 0.467. The number of piperidine rings is 1. The lowest BCUT2D eigenvalue weighted by molar-refractivity contribution is -0.125. The third-order valence-corrected chi connectivity index (χ3v) is 3.84. The summed E-state index contributed by atoms with van der Waals surface area (Å²) in [5, 5.41) is 6.26. The average Bonchev–Trinajstić information content (AvgIpc) is 2.90. The maximum Gasteiger partial charge on any atom is 0.224 e. The SMILES string of the molecule is Cc1cccn2cc(CNC(=O)C3CCCNC3)nc12. The van der Waals surface area contributed by atoms with E-state index in [1.165, 1.54) is 0 Å². The van der Waals surface area contributed by atoms with Gasteiger partial charge in [0.1, 0.15) is 5.65 Å². The Hall–Kier alpha value is -1.88. The van der Waals surface area contributed by atoms with Crippen LogP contribution in [0.5, 0.6) is 0 Å². The van der Waals surface area contributed by atoms with Crippen LogP contribution in [0.1, 0.15) is 24.1 Å². The molecule has 1 fully saturated rings. The summed E-state index contributed by atoms with van der Waals surface area (Å²) in [4.78, 5) is 16.6. The van der Waals surface area contributed by atoms with E-state index >= 15 is 0 Å². The minimum atomic E-state index is 0.0996. The molecule has 0 radical (unpaired) electrons. The van der Waals surface area contributed by atoms with Crippen LogP contribution in [0.2, 0.25) is 0 Å². The highest BCUT2D eigenvalue weighted by Crippen LogP contribution is 2.12. The number of nitrogens with one attached hydrogen (secondary N) is 2. The molecule has 0 saturated carbocycles. The van der Waals surface area contributed by atoms with Crippen molar-refractivity contribution in [2.24, 2.45) is 5.92 Å². The van der Waals surface area contributed by atoms with Crippen molar-refractivity contribution < 1.29 is 4.79 Å². The number of nitrogens with zero attached hydrogens (tertiary/aromatic N) is 2. The number of carbonyl (C=O) groups excluding carboxylic acids is 1. The predicted molar refractivity (Wildman–Crippen MR) is 77.4 cm³/mol. The summed E-state index contributed by atoms with van der Waals surface area (Å²) in [6.07, 6.45) is 6.00. The fourth-order valence-corrected chi connectivity index (χ4v) is 2.69. The summed E-state index contributed by atoms with van der Waals surface area (Å²) < 4.78 is 2.00. The second-order valence-electron chi connectivity index (χ2n) is 5.42. The second-order valence-corrected chi connectivity index (χ2v) is 5.42. The highest BCUT2D eigenvalue weighted by Gasteiger charge is 2.20. The standard InChI is InChI=1S/C15H20N4O/c1-11-4-3-7-19-10-13(18-14(11)19)9-17-15(20)12-5-2-6-16-8-12/h3-4,7,10,12,16H,2,5-6,8-9H2,1H3,(H,17,20). The number of amides is 1. The number of rotatable bonds is 3. The number of hydrogen-bond acceptors (Lipinski definition) is 3. The van der Waals surface area contributed by atoms with Gasteiger partial charge in [0.15, 0.2) is 0 Å². The van der Waals surface area contributed by atoms with Gasteiger partial charge in [-0.2, -0.15) is 0 Å². The Kier molecular flexibility index (Phi) is 3.69. The van der Waals surface area contributed by atoms with E-state index in [-0.39, 0.29) is 11.8 Å². The molecule has 2 aromatic heterocycles. The molecule has 0 aliphatic carbocycles. The Morgan fingerprint density at radius 2 is 2.50 bits per heavy atom. The zero-order valence-corrected chi connectivity index (χ0v) is 11.7. The quantitative estimate of drug-likeness (QED) is 0.884. The van der Waals surface area contributed by atoms with E-state index in [1.54, 1.807) is 0 Å². The third kappa shape index (κ3) is 2.67. The van der Waals surface area contributed by atoms with Crippen molar-refractivity contribution >= 4 is 11.6 Å². The van der Waals surface area contributed by atoms with Gasteiger partial charge in [-0.1, -0.05) is 6.07 Å². The number of aryl methyl sites for hydroxylation is 1. The van der Waals surface area contributed by atoms with Gasteiger partial charge >= 0.3 is 0 Å². The van der Waals surface area contributed by atoms with E-state index in [0.29, 0.717) is 6.54 Å². The molecule has 0 bridgehead atoms. The van der Waals surface area contributed by atoms with Gasteiger partial charge in [-0.25, -0.2) is 4.98 Å². The minimum absolute atomic E-state index is 0.0996. The molecule has 1 atom stereocenters. The Balaban J connectivity index is 1.64. The van der Waals surface area contributed by atoms with Crippen molar-refractivity contribution in [1.82, 2.24) is 20.0 Å². The molecule has 2 aromatic rings. The Morgan fingerprint density at radius 3 is 3.25 bits per heavy atom. The molecule has 5 nitrogen and oxygen atoms in total. The molecular weight excluding hydrogens is 252 g/mol. The molecule has 2 N–H and O–H groups in total. The normalized spacial score (nSPS) is 19.1. The molecule has 0 spiro atoms. The van der Waals surface area contributed by atoms with Gasteiger partial charge < -0.3 is 15.0 Å². The van der Waals surface area contributed by atoms with Gasteiger partial charge in [-0.05, 0) is 37.9 Å². The number of aromatic nitrogens is 2. The molecule has 3 heterocycles. The topological polar surface area (TPSA) is 58.4 Å². The van der Waals surface area contributed by atoms with Crippen molar-refractivity contribution in [3.8, 4) is 0 Å². The van der Waals surface area contributed by atoms with Gasteiger partial charge in [0.05, 0.1) is 18.2 Å². The monoisotopic (exact) mass is 272 g/mol. The zero-order chi connectivity index (χ0) is 13.9. The summed E-state index contributed by atoms with van der Waals surface area (Å²) in [6.45, 7) is 4.35. The zero-order valence-electron chi connectivity index (χ0n) is 11.7. The number of pyridine rings is 1. The molecule has 1 amide bonds. The molecule has 1 aliphatic heterocycles. The van der Waals surface area contributed by atoms with Gasteiger partial charge in [-0.15, -0.1) is 0 Å². The van der Waals surface area contributed by atoms with Gasteiger partial charge in [0.25, 0.3) is 0 Å². The summed E-state index contributed by atoms with van der Waals surface area (Å²) in [6, 6.07) is 4.04. The van der Waals surface area contributed by atoms with Crippen LogP contribution in [0.25, 0.3) is 5.65 Å². The van der Waals surface area contributed by atoms with E-state index in [9.17, 15) is 4.79 Å². The predicted octanol–water partition coefficient (Wildman–Crippen LogP) is 1.26. The van der Waals surface area contributed by atoms with Crippen LogP contribution in [0, 0.1) is 12.8 Å². The van der Waals surface area contributed by atoms with Crippen LogP contribution in [0.15, 0.2) is 24.5 Å². The Labute approximate surface area is 118 Å². The lowest BCUT2D eigenvalue weighted by atomic mass is 9.99. The summed E-state index contributed by atoms with van der Waals surface area (Å²) in [5.74, 6) is 0.230. The molecule has 1 unspecified atom stereocenters. The number of fused-ring (bicyclic) bond motifs is 1. The maximum absolute atomic E-state index is 12.1. The Bertz CT molecular complexity index is 613. The number of imidazole rings is 1. The fourth-order valence-electron chi connectivity index (χ4n) is 2.69. The van der Waals surface area contributed by atoms with Crippen LogP contribution in [0.3, 0.4) is 0 Å². The molecule has 106 valence electrons. The molecule has 20 heavy (non-hydrogen) atoms. The van der Waals surface area contributed by atoms with Crippen LogP contribution < -0.4 is 10.6 Å². The van der Waals surface area contributed by atoms with Gasteiger partial charge in [0, 0.05) is 18.9 Å². The molecule has 1 aliphatic rings.